The van der Waals surface area contributed by atoms with Gasteiger partial charge >= 0.3 is 6.01 Å². The van der Waals surface area contributed by atoms with Gasteiger partial charge in [-0.15, -0.1) is 0 Å². The molecule has 0 fully saturated rings. The van der Waals surface area contributed by atoms with Crippen molar-refractivity contribution < 1.29 is 9.53 Å². The first kappa shape index (κ1) is 15.0. The third-order valence-electron chi connectivity index (χ3n) is 3.08. The molecule has 0 bridgehead atoms. The van der Waals surface area contributed by atoms with E-state index in [2.05, 4.69) is 15.3 Å². The maximum absolute atomic E-state index is 12.2. The van der Waals surface area contributed by atoms with Crippen molar-refractivity contribution in [2.75, 3.05) is 11.9 Å². The number of aryl methyl sites for hydroxylation is 3. The van der Waals surface area contributed by atoms with Gasteiger partial charge in [-0.05, 0) is 39.8 Å². The van der Waals surface area contributed by atoms with Crippen molar-refractivity contribution in [3.63, 3.8) is 0 Å². The minimum absolute atomic E-state index is 0.172. The van der Waals surface area contributed by atoms with Crippen molar-refractivity contribution >= 4 is 11.6 Å². The van der Waals surface area contributed by atoms with Crippen LogP contribution in [0.2, 0.25) is 0 Å². The molecule has 0 saturated heterocycles. The van der Waals surface area contributed by atoms with E-state index in [1.54, 1.807) is 12.1 Å². The Morgan fingerprint density at radius 2 is 1.67 bits per heavy atom. The molecular formula is C16H19N3O2. The Bertz CT molecular complexity index is 628. The molecule has 0 saturated carbocycles. The number of anilines is 1. The minimum Gasteiger partial charge on any atom is -0.464 e. The molecule has 0 atom stereocenters. The molecule has 0 aliphatic heterocycles. The molecule has 5 heteroatoms. The van der Waals surface area contributed by atoms with Crippen LogP contribution in [-0.2, 0) is 0 Å². The molecule has 2 rings (SSSR count). The Labute approximate surface area is 124 Å². The summed E-state index contributed by atoms with van der Waals surface area (Å²) >= 11 is 0. The van der Waals surface area contributed by atoms with Crippen molar-refractivity contribution in [1.29, 1.82) is 0 Å². The molecule has 110 valence electrons. The van der Waals surface area contributed by atoms with Crippen molar-refractivity contribution in [3.05, 3.63) is 46.8 Å². The van der Waals surface area contributed by atoms with Crippen molar-refractivity contribution in [3.8, 4) is 6.01 Å². The van der Waals surface area contributed by atoms with Crippen LogP contribution in [0.3, 0.4) is 0 Å². The van der Waals surface area contributed by atoms with Gasteiger partial charge < -0.3 is 10.1 Å². The summed E-state index contributed by atoms with van der Waals surface area (Å²) in [4.78, 5) is 20.7. The molecule has 1 amide bonds. The normalized spacial score (nSPS) is 10.3. The number of rotatable bonds is 4. The summed E-state index contributed by atoms with van der Waals surface area (Å²) in [5.41, 5.74) is 3.72. The lowest BCUT2D eigenvalue weighted by molar-refractivity contribution is 0.102. The quantitative estimate of drug-likeness (QED) is 0.937. The number of hydrogen-bond acceptors (Lipinski definition) is 4. The Balaban J connectivity index is 2.23. The van der Waals surface area contributed by atoms with E-state index in [4.69, 9.17) is 4.74 Å². The fourth-order valence-electron chi connectivity index (χ4n) is 1.95. The van der Waals surface area contributed by atoms with Crippen LogP contribution >= 0.6 is 0 Å². The van der Waals surface area contributed by atoms with Crippen molar-refractivity contribution in [1.82, 2.24) is 9.97 Å². The van der Waals surface area contributed by atoms with Gasteiger partial charge in [0.2, 0.25) is 0 Å². The van der Waals surface area contributed by atoms with Gasteiger partial charge in [-0.25, -0.2) is 0 Å². The van der Waals surface area contributed by atoms with Crippen LogP contribution in [0.25, 0.3) is 0 Å². The summed E-state index contributed by atoms with van der Waals surface area (Å²) in [5.74, 6) is -0.172. The monoisotopic (exact) mass is 285 g/mol. The molecule has 0 aliphatic rings. The molecule has 5 nitrogen and oxygen atoms in total. The second-order valence-corrected chi connectivity index (χ2v) is 4.81. The lowest BCUT2D eigenvalue weighted by Gasteiger charge is -2.12. The molecule has 2 aromatic rings. The number of aromatic nitrogens is 2. The second-order valence-electron chi connectivity index (χ2n) is 4.81. The van der Waals surface area contributed by atoms with Gasteiger partial charge in [-0.3, -0.25) is 4.79 Å². The molecule has 1 N–H and O–H groups in total. The highest BCUT2D eigenvalue weighted by molar-refractivity contribution is 6.04. The summed E-state index contributed by atoms with van der Waals surface area (Å²) in [5, 5.41) is 2.86. The predicted octanol–water partition coefficient (Wildman–Crippen LogP) is 3.05. The van der Waals surface area contributed by atoms with Crippen LogP contribution in [0.4, 0.5) is 5.69 Å². The smallest absolute Gasteiger partial charge is 0.316 e. The van der Waals surface area contributed by atoms with Gasteiger partial charge in [-0.2, -0.15) is 9.97 Å². The number of ether oxygens (including phenoxy) is 1. The lowest BCUT2D eigenvalue weighted by Crippen LogP contribution is -2.15. The number of benzene rings is 1. The predicted molar refractivity (Wildman–Crippen MR) is 81.8 cm³/mol. The first-order valence-corrected chi connectivity index (χ1v) is 6.87. The highest BCUT2D eigenvalue weighted by atomic mass is 16.5. The molecule has 1 aromatic heterocycles. The zero-order valence-electron chi connectivity index (χ0n) is 12.7. The summed E-state index contributed by atoms with van der Waals surface area (Å²) < 4.78 is 5.29. The van der Waals surface area contributed by atoms with Crippen LogP contribution < -0.4 is 10.1 Å². The molecule has 1 aromatic carbocycles. The van der Waals surface area contributed by atoms with Gasteiger partial charge in [0.1, 0.15) is 0 Å². The third-order valence-corrected chi connectivity index (χ3v) is 3.08. The third kappa shape index (κ3) is 3.56. The van der Waals surface area contributed by atoms with Crippen LogP contribution in [-0.4, -0.2) is 22.5 Å². The molecule has 0 aliphatic carbocycles. The van der Waals surface area contributed by atoms with Crippen LogP contribution in [0.1, 0.15) is 34.2 Å². The summed E-state index contributed by atoms with van der Waals surface area (Å²) in [6.45, 7) is 8.01. The first-order chi connectivity index (χ1) is 10.0. The molecule has 0 spiro atoms. The fourth-order valence-corrected chi connectivity index (χ4v) is 1.95. The second kappa shape index (κ2) is 6.35. The Morgan fingerprint density at radius 3 is 2.19 bits per heavy atom. The highest BCUT2D eigenvalue weighted by Crippen LogP contribution is 2.20. The molecular weight excluding hydrogens is 266 g/mol. The Morgan fingerprint density at radius 1 is 1.10 bits per heavy atom. The molecule has 0 unspecified atom stereocenters. The topological polar surface area (TPSA) is 64.1 Å². The maximum atomic E-state index is 12.2. The maximum Gasteiger partial charge on any atom is 0.316 e. The number of nitrogens with zero attached hydrogens (tertiary/aromatic N) is 2. The van der Waals surface area contributed by atoms with Gasteiger partial charge in [0.05, 0.1) is 23.7 Å². The van der Waals surface area contributed by atoms with E-state index in [0.29, 0.717) is 35.3 Å². The number of nitrogens with one attached hydrogen (secondary N) is 1. The summed E-state index contributed by atoms with van der Waals surface area (Å²) in [6.07, 6.45) is 0. The van der Waals surface area contributed by atoms with E-state index in [0.717, 1.165) is 5.56 Å². The largest absolute Gasteiger partial charge is 0.464 e. The fraction of sp³-hybridized carbons (Fsp3) is 0.312. The number of carbonyl (C=O) groups is 1. The molecule has 1 heterocycles. The average molecular weight is 285 g/mol. The van der Waals surface area contributed by atoms with E-state index in [9.17, 15) is 4.79 Å². The van der Waals surface area contributed by atoms with Gasteiger partial charge in [0.15, 0.2) is 0 Å². The van der Waals surface area contributed by atoms with E-state index >= 15 is 0 Å². The van der Waals surface area contributed by atoms with Crippen LogP contribution in [0, 0.1) is 20.8 Å². The Kier molecular flexibility index (Phi) is 4.52. The average Bonchev–Trinajstić information content (AvgIpc) is 2.44. The van der Waals surface area contributed by atoms with E-state index in [-0.39, 0.29) is 5.91 Å². The van der Waals surface area contributed by atoms with Gasteiger partial charge in [0.25, 0.3) is 5.91 Å². The first-order valence-electron chi connectivity index (χ1n) is 6.87. The molecule has 21 heavy (non-hydrogen) atoms. The number of hydrogen-bond donors (Lipinski definition) is 1. The minimum atomic E-state index is -0.172. The van der Waals surface area contributed by atoms with Crippen molar-refractivity contribution in [2.24, 2.45) is 0 Å². The summed E-state index contributed by atoms with van der Waals surface area (Å²) in [6, 6.07) is 7.74. The standard InChI is InChI=1S/C16H19N3O2/c1-5-21-16-17-11(3)14(12(4)18-16)19-15(20)13-8-6-10(2)7-9-13/h6-9H,5H2,1-4H3,(H,19,20). The highest BCUT2D eigenvalue weighted by Gasteiger charge is 2.13. The van der Waals surface area contributed by atoms with E-state index < -0.39 is 0 Å². The van der Waals surface area contributed by atoms with Gasteiger partial charge in [0, 0.05) is 5.56 Å². The zero-order chi connectivity index (χ0) is 15.4. The van der Waals surface area contributed by atoms with Crippen molar-refractivity contribution in [2.45, 2.75) is 27.7 Å². The Hall–Kier alpha value is -2.43. The van der Waals surface area contributed by atoms with E-state index in [1.165, 1.54) is 0 Å². The number of carbonyl (C=O) groups excluding carboxylic acids is 1. The lowest BCUT2D eigenvalue weighted by atomic mass is 10.1. The van der Waals surface area contributed by atoms with E-state index in [1.807, 2.05) is 39.8 Å². The van der Waals surface area contributed by atoms with Crippen LogP contribution in [0.5, 0.6) is 6.01 Å². The zero-order valence-corrected chi connectivity index (χ0v) is 12.7. The summed E-state index contributed by atoms with van der Waals surface area (Å²) in [7, 11) is 0. The van der Waals surface area contributed by atoms with Crippen LogP contribution in [0.15, 0.2) is 24.3 Å². The van der Waals surface area contributed by atoms with Gasteiger partial charge in [-0.1, -0.05) is 17.7 Å². The molecule has 0 radical (unpaired) electrons. The SMILES string of the molecule is CCOc1nc(C)c(NC(=O)c2ccc(C)cc2)c(C)n1. The number of amides is 1.